The lowest BCUT2D eigenvalue weighted by Crippen LogP contribution is -2.45. The van der Waals surface area contributed by atoms with Crippen LogP contribution in [0.3, 0.4) is 0 Å². The zero-order chi connectivity index (χ0) is 26.7. The van der Waals surface area contributed by atoms with Gasteiger partial charge in [-0.25, -0.2) is 14.8 Å². The highest BCUT2D eigenvalue weighted by Gasteiger charge is 2.29. The van der Waals surface area contributed by atoms with Crippen LogP contribution < -0.4 is 10.6 Å². The number of aromatic nitrogens is 2. The molecule has 3 N–H and O–H groups in total. The number of hydrogen-bond donors (Lipinski definition) is 3. The van der Waals surface area contributed by atoms with Crippen LogP contribution in [0.25, 0.3) is 0 Å². The molecule has 2 aromatic carbocycles. The van der Waals surface area contributed by atoms with Crippen LogP contribution in [-0.4, -0.2) is 56.9 Å². The number of benzene rings is 2. The number of carbonyl (C=O) groups is 3. The molecule has 37 heavy (non-hydrogen) atoms. The van der Waals surface area contributed by atoms with Crippen molar-refractivity contribution in [2.45, 2.75) is 19.0 Å². The molecule has 0 saturated carbocycles. The van der Waals surface area contributed by atoms with E-state index in [1.54, 1.807) is 35.2 Å². The molecule has 0 unspecified atom stereocenters. The number of rotatable bonds is 7. The van der Waals surface area contributed by atoms with Crippen LogP contribution in [0.2, 0.25) is 20.2 Å². The summed E-state index contributed by atoms with van der Waals surface area (Å²) in [5.74, 6) is -2.10. The van der Waals surface area contributed by atoms with Crippen molar-refractivity contribution in [2.75, 3.05) is 18.4 Å². The topological polar surface area (TPSA) is 125 Å². The molecule has 3 aromatic rings. The quantitative estimate of drug-likeness (QED) is 0.348. The number of nitrogens with zero attached hydrogens (tertiary/aromatic N) is 3. The van der Waals surface area contributed by atoms with Gasteiger partial charge in [-0.3, -0.25) is 9.59 Å². The Bertz CT molecular complexity index is 1370. The second-order valence-corrected chi connectivity index (χ2v) is 9.73. The van der Waals surface area contributed by atoms with Gasteiger partial charge in [-0.2, -0.15) is 0 Å². The second-order valence-electron chi connectivity index (χ2n) is 8.12. The highest BCUT2D eigenvalue weighted by molar-refractivity contribution is 6.40. The molecule has 0 fully saturated rings. The molecule has 0 radical (unpaired) electrons. The molecule has 2 amide bonds. The van der Waals surface area contributed by atoms with Crippen LogP contribution in [0.1, 0.15) is 31.8 Å². The number of anilines is 1. The SMILES string of the molecule is O=C(N[C@@H](CNc1nccc(Cl)n1)C(=O)O)c1c(Cl)cc2c(c1Cl)CCN(C(=O)c1ccc(Cl)cc1)C2. The Morgan fingerprint density at radius 3 is 2.49 bits per heavy atom. The number of hydrogen-bond acceptors (Lipinski definition) is 6. The number of nitrogens with one attached hydrogen (secondary N) is 2. The first-order valence-electron chi connectivity index (χ1n) is 10.9. The lowest BCUT2D eigenvalue weighted by molar-refractivity contribution is -0.138. The van der Waals surface area contributed by atoms with E-state index in [-0.39, 0.29) is 45.7 Å². The maximum absolute atomic E-state index is 13.0. The Balaban J connectivity index is 1.49. The molecule has 192 valence electrons. The smallest absolute Gasteiger partial charge is 0.328 e. The fraction of sp³-hybridized carbons (Fsp3) is 0.208. The fourth-order valence-corrected chi connectivity index (χ4v) is 4.88. The van der Waals surface area contributed by atoms with E-state index in [1.807, 2.05) is 0 Å². The summed E-state index contributed by atoms with van der Waals surface area (Å²) in [4.78, 5) is 47.2. The van der Waals surface area contributed by atoms with E-state index in [0.717, 1.165) is 0 Å². The lowest BCUT2D eigenvalue weighted by Gasteiger charge is -2.30. The molecule has 0 bridgehead atoms. The van der Waals surface area contributed by atoms with E-state index in [1.165, 1.54) is 12.3 Å². The number of aliphatic carboxylic acids is 1. The van der Waals surface area contributed by atoms with Crippen molar-refractivity contribution in [1.82, 2.24) is 20.2 Å². The molecule has 9 nitrogen and oxygen atoms in total. The van der Waals surface area contributed by atoms with Crippen LogP contribution in [-0.2, 0) is 17.8 Å². The van der Waals surface area contributed by atoms with Crippen LogP contribution >= 0.6 is 46.4 Å². The number of carboxylic acids is 1. The second kappa shape index (κ2) is 11.5. The van der Waals surface area contributed by atoms with Gasteiger partial charge < -0.3 is 20.6 Å². The first-order chi connectivity index (χ1) is 17.6. The number of carboxylic acid groups (broad SMARTS) is 1. The van der Waals surface area contributed by atoms with E-state index in [0.29, 0.717) is 34.7 Å². The summed E-state index contributed by atoms with van der Waals surface area (Å²) < 4.78 is 0. The van der Waals surface area contributed by atoms with Crippen LogP contribution in [0, 0.1) is 0 Å². The van der Waals surface area contributed by atoms with Gasteiger partial charge >= 0.3 is 5.97 Å². The zero-order valence-corrected chi connectivity index (χ0v) is 22.0. The van der Waals surface area contributed by atoms with Crippen molar-refractivity contribution < 1.29 is 19.5 Å². The van der Waals surface area contributed by atoms with Crippen molar-refractivity contribution in [3.8, 4) is 0 Å². The van der Waals surface area contributed by atoms with Gasteiger partial charge in [0.2, 0.25) is 5.95 Å². The number of halogens is 4. The minimum absolute atomic E-state index is 0.0372. The molecule has 0 aliphatic carbocycles. The average molecular weight is 583 g/mol. The van der Waals surface area contributed by atoms with Crippen molar-refractivity contribution in [1.29, 1.82) is 0 Å². The molecule has 1 atom stereocenters. The predicted octanol–water partition coefficient (Wildman–Crippen LogP) is 4.58. The summed E-state index contributed by atoms with van der Waals surface area (Å²) in [5, 5.41) is 15.6. The normalized spacial score (nSPS) is 13.5. The summed E-state index contributed by atoms with van der Waals surface area (Å²) in [5.41, 5.74) is 1.84. The van der Waals surface area contributed by atoms with Crippen molar-refractivity contribution in [3.63, 3.8) is 0 Å². The van der Waals surface area contributed by atoms with Gasteiger partial charge in [0.1, 0.15) is 11.2 Å². The fourth-order valence-electron chi connectivity index (χ4n) is 3.85. The third-order valence-corrected chi connectivity index (χ3v) is 6.88. The minimum atomic E-state index is -1.34. The van der Waals surface area contributed by atoms with Gasteiger partial charge in [-0.15, -0.1) is 0 Å². The lowest BCUT2D eigenvalue weighted by atomic mass is 9.96. The molecule has 1 aliphatic rings. The third kappa shape index (κ3) is 6.24. The molecule has 2 heterocycles. The number of amides is 2. The molecular formula is C24H19Cl4N5O4. The third-order valence-electron chi connectivity index (χ3n) is 5.70. The molecule has 4 rings (SSSR count). The zero-order valence-electron chi connectivity index (χ0n) is 19.0. The summed E-state index contributed by atoms with van der Waals surface area (Å²) in [6, 6.07) is 8.30. The first kappa shape index (κ1) is 26.9. The summed E-state index contributed by atoms with van der Waals surface area (Å²) >= 11 is 24.7. The van der Waals surface area contributed by atoms with Gasteiger partial charge in [0.15, 0.2) is 0 Å². The summed E-state index contributed by atoms with van der Waals surface area (Å²) in [6.45, 7) is 0.404. The van der Waals surface area contributed by atoms with Crippen molar-refractivity contribution in [2.24, 2.45) is 0 Å². The largest absolute Gasteiger partial charge is 0.480 e. The Hall–Kier alpha value is -3.11. The van der Waals surface area contributed by atoms with Crippen molar-refractivity contribution in [3.05, 3.63) is 85.1 Å². The Morgan fingerprint density at radius 1 is 1.08 bits per heavy atom. The molecular weight excluding hydrogens is 564 g/mol. The van der Waals surface area contributed by atoms with Crippen molar-refractivity contribution >= 4 is 70.1 Å². The first-order valence-corrected chi connectivity index (χ1v) is 12.5. The Labute approximate surface area is 231 Å². The predicted molar refractivity (Wildman–Crippen MR) is 141 cm³/mol. The standard InChI is InChI=1S/C24H19Cl4N5O4/c25-14-3-1-12(2-4-14)22(35)33-8-6-15-13(11-33)9-16(26)19(20(15)28)21(34)31-17(23(36)37)10-30-24-29-7-5-18(27)32-24/h1-5,7,9,17H,6,8,10-11H2,(H,31,34)(H,36,37)(H,29,30,32)/t17-/m0/s1. The highest BCUT2D eigenvalue weighted by Crippen LogP contribution is 2.35. The van der Waals surface area contributed by atoms with E-state index in [4.69, 9.17) is 46.4 Å². The van der Waals surface area contributed by atoms with Gasteiger partial charge in [-0.05, 0) is 53.9 Å². The van der Waals surface area contributed by atoms with E-state index in [2.05, 4.69) is 20.6 Å². The molecule has 1 aromatic heterocycles. The molecule has 13 heteroatoms. The van der Waals surface area contributed by atoms with Gasteiger partial charge in [0.05, 0.1) is 15.6 Å². The maximum atomic E-state index is 13.0. The maximum Gasteiger partial charge on any atom is 0.328 e. The molecule has 0 saturated heterocycles. The monoisotopic (exact) mass is 581 g/mol. The van der Waals surface area contributed by atoms with Crippen LogP contribution in [0.5, 0.6) is 0 Å². The average Bonchev–Trinajstić information content (AvgIpc) is 2.86. The van der Waals surface area contributed by atoms with Gasteiger partial charge in [0.25, 0.3) is 11.8 Å². The van der Waals surface area contributed by atoms with Gasteiger partial charge in [0, 0.05) is 36.4 Å². The molecule has 1 aliphatic heterocycles. The Kier molecular flexibility index (Phi) is 8.39. The molecule has 0 spiro atoms. The summed E-state index contributed by atoms with van der Waals surface area (Å²) in [6.07, 6.45) is 1.80. The highest BCUT2D eigenvalue weighted by atomic mass is 35.5. The van der Waals surface area contributed by atoms with E-state index < -0.39 is 17.9 Å². The number of carbonyl (C=O) groups excluding carboxylic acids is 2. The van der Waals surface area contributed by atoms with E-state index in [9.17, 15) is 19.5 Å². The number of fused-ring (bicyclic) bond motifs is 1. The van der Waals surface area contributed by atoms with Crippen LogP contribution in [0.15, 0.2) is 42.6 Å². The van der Waals surface area contributed by atoms with E-state index >= 15 is 0 Å². The van der Waals surface area contributed by atoms with Crippen LogP contribution in [0.4, 0.5) is 5.95 Å². The summed E-state index contributed by atoms with van der Waals surface area (Å²) in [7, 11) is 0. The Morgan fingerprint density at radius 2 is 1.81 bits per heavy atom. The minimum Gasteiger partial charge on any atom is -0.480 e. The van der Waals surface area contributed by atoms with Gasteiger partial charge in [-0.1, -0.05) is 46.4 Å².